The summed E-state index contributed by atoms with van der Waals surface area (Å²) in [5.74, 6) is -0.212. The zero-order chi connectivity index (χ0) is 10.9. The highest BCUT2D eigenvalue weighted by molar-refractivity contribution is 5.98. The van der Waals surface area contributed by atoms with Gasteiger partial charge in [0.25, 0.3) is 0 Å². The fourth-order valence-electron chi connectivity index (χ4n) is 2.06. The van der Waals surface area contributed by atoms with E-state index >= 15 is 0 Å². The van der Waals surface area contributed by atoms with E-state index in [1.54, 1.807) is 6.92 Å². The zero-order valence-electron chi connectivity index (χ0n) is 8.79. The zero-order valence-corrected chi connectivity index (χ0v) is 8.79. The SMILES string of the molecule is CC(=O)C[C@]1(C)C(=O)CCN1C(C)=O. The summed E-state index contributed by atoms with van der Waals surface area (Å²) in [4.78, 5) is 35.4. The van der Waals surface area contributed by atoms with Gasteiger partial charge in [-0.1, -0.05) is 0 Å². The number of hydrogen-bond donors (Lipinski definition) is 0. The lowest BCUT2D eigenvalue weighted by atomic mass is 9.91. The first-order valence-electron chi connectivity index (χ1n) is 4.69. The molecular weight excluding hydrogens is 182 g/mol. The highest BCUT2D eigenvalue weighted by Gasteiger charge is 2.46. The molecule has 0 aromatic carbocycles. The second-order valence-corrected chi connectivity index (χ2v) is 4.00. The van der Waals surface area contributed by atoms with Crippen LogP contribution in [0.1, 0.15) is 33.6 Å². The molecule has 0 spiro atoms. The van der Waals surface area contributed by atoms with E-state index in [4.69, 9.17) is 0 Å². The fourth-order valence-corrected chi connectivity index (χ4v) is 2.06. The normalized spacial score (nSPS) is 26.8. The van der Waals surface area contributed by atoms with Gasteiger partial charge in [0, 0.05) is 26.3 Å². The molecule has 0 aliphatic carbocycles. The molecule has 4 nitrogen and oxygen atoms in total. The summed E-state index contributed by atoms with van der Waals surface area (Å²) in [7, 11) is 0. The largest absolute Gasteiger partial charge is 0.330 e. The Morgan fingerprint density at radius 3 is 2.43 bits per heavy atom. The molecule has 1 saturated heterocycles. The number of carbonyl (C=O) groups is 3. The molecule has 0 aromatic heterocycles. The molecule has 1 aliphatic heterocycles. The van der Waals surface area contributed by atoms with Crippen molar-refractivity contribution < 1.29 is 14.4 Å². The van der Waals surface area contributed by atoms with Crippen molar-refractivity contribution in [3.63, 3.8) is 0 Å². The van der Waals surface area contributed by atoms with E-state index in [0.717, 1.165) is 0 Å². The molecule has 0 N–H and O–H groups in total. The summed E-state index contributed by atoms with van der Waals surface area (Å²) < 4.78 is 0. The third-order valence-corrected chi connectivity index (χ3v) is 2.73. The van der Waals surface area contributed by atoms with E-state index in [-0.39, 0.29) is 23.9 Å². The minimum absolute atomic E-state index is 0.0112. The summed E-state index contributed by atoms with van der Waals surface area (Å²) in [6, 6.07) is 0. The van der Waals surface area contributed by atoms with Crippen LogP contribution in [0.15, 0.2) is 0 Å². The number of rotatable bonds is 2. The van der Waals surface area contributed by atoms with E-state index in [2.05, 4.69) is 0 Å². The lowest BCUT2D eigenvalue weighted by Crippen LogP contribution is -2.49. The quantitative estimate of drug-likeness (QED) is 0.649. The van der Waals surface area contributed by atoms with Crippen LogP contribution in [0.3, 0.4) is 0 Å². The summed E-state index contributed by atoms with van der Waals surface area (Å²) in [5, 5.41) is 0. The third kappa shape index (κ3) is 1.69. The number of amides is 1. The van der Waals surface area contributed by atoms with Gasteiger partial charge >= 0.3 is 0 Å². The smallest absolute Gasteiger partial charge is 0.220 e. The number of hydrogen-bond acceptors (Lipinski definition) is 3. The Morgan fingerprint density at radius 2 is 2.00 bits per heavy atom. The van der Waals surface area contributed by atoms with Crippen molar-refractivity contribution in [3.8, 4) is 0 Å². The number of nitrogens with zero attached hydrogens (tertiary/aromatic N) is 1. The Balaban J connectivity index is 2.94. The second-order valence-electron chi connectivity index (χ2n) is 4.00. The van der Waals surface area contributed by atoms with E-state index in [1.807, 2.05) is 0 Å². The van der Waals surface area contributed by atoms with Gasteiger partial charge in [-0.3, -0.25) is 14.4 Å². The van der Waals surface area contributed by atoms with Gasteiger partial charge in [-0.2, -0.15) is 0 Å². The van der Waals surface area contributed by atoms with Gasteiger partial charge in [-0.25, -0.2) is 0 Å². The predicted molar refractivity (Wildman–Crippen MR) is 50.7 cm³/mol. The van der Waals surface area contributed by atoms with Crippen LogP contribution in [0.25, 0.3) is 0 Å². The Bertz CT molecular complexity index is 298. The van der Waals surface area contributed by atoms with Gasteiger partial charge in [0.1, 0.15) is 11.3 Å². The standard InChI is InChI=1S/C10H15NO3/c1-7(12)6-10(3)9(14)4-5-11(10)8(2)13/h4-6H2,1-3H3/t10-/m1/s1. The monoisotopic (exact) mass is 197 g/mol. The van der Waals surface area contributed by atoms with E-state index in [1.165, 1.54) is 18.7 Å². The van der Waals surface area contributed by atoms with Crippen LogP contribution in [-0.2, 0) is 14.4 Å². The van der Waals surface area contributed by atoms with E-state index in [0.29, 0.717) is 13.0 Å². The highest BCUT2D eigenvalue weighted by atomic mass is 16.2. The van der Waals surface area contributed by atoms with Crippen molar-refractivity contribution in [1.29, 1.82) is 0 Å². The summed E-state index contributed by atoms with van der Waals surface area (Å²) in [6.07, 6.45) is 0.495. The maximum Gasteiger partial charge on any atom is 0.220 e. The first kappa shape index (κ1) is 10.9. The van der Waals surface area contributed by atoms with E-state index in [9.17, 15) is 14.4 Å². The molecule has 78 valence electrons. The maximum absolute atomic E-state index is 11.6. The summed E-state index contributed by atoms with van der Waals surface area (Å²) in [5.41, 5.74) is -0.891. The molecule has 1 rings (SSSR count). The Morgan fingerprint density at radius 1 is 1.43 bits per heavy atom. The van der Waals surface area contributed by atoms with Crippen LogP contribution >= 0.6 is 0 Å². The van der Waals surface area contributed by atoms with Crippen LogP contribution in [0.2, 0.25) is 0 Å². The summed E-state index contributed by atoms with van der Waals surface area (Å²) in [6.45, 7) is 4.98. The minimum atomic E-state index is -0.891. The van der Waals surface area contributed by atoms with Gasteiger partial charge in [0.15, 0.2) is 5.78 Å². The molecule has 14 heavy (non-hydrogen) atoms. The van der Waals surface area contributed by atoms with Gasteiger partial charge in [0.05, 0.1) is 0 Å². The third-order valence-electron chi connectivity index (χ3n) is 2.73. The molecular formula is C10H15NO3. The predicted octanol–water partition coefficient (Wildman–Crippen LogP) is 0.545. The second kappa shape index (κ2) is 3.52. The molecule has 1 amide bonds. The molecule has 0 radical (unpaired) electrons. The minimum Gasteiger partial charge on any atom is -0.330 e. The van der Waals surface area contributed by atoms with Crippen molar-refractivity contribution in [1.82, 2.24) is 4.90 Å². The Hall–Kier alpha value is -1.19. The van der Waals surface area contributed by atoms with Crippen molar-refractivity contribution in [2.24, 2.45) is 0 Å². The fraction of sp³-hybridized carbons (Fsp3) is 0.700. The number of Topliss-reactive ketones (excluding diaryl/α,β-unsaturated/α-hetero) is 2. The molecule has 4 heteroatoms. The molecule has 0 saturated carbocycles. The number of likely N-dealkylation sites (tertiary alicyclic amines) is 1. The van der Waals surface area contributed by atoms with Crippen LogP contribution < -0.4 is 0 Å². The number of ketones is 2. The first-order chi connectivity index (χ1) is 6.38. The van der Waals surface area contributed by atoms with Crippen molar-refractivity contribution >= 4 is 17.5 Å². The lowest BCUT2D eigenvalue weighted by Gasteiger charge is -2.32. The molecule has 1 aliphatic rings. The Labute approximate surface area is 83.3 Å². The highest BCUT2D eigenvalue weighted by Crippen LogP contribution is 2.29. The van der Waals surface area contributed by atoms with Gasteiger partial charge in [0.2, 0.25) is 5.91 Å². The molecule has 1 fully saturated rings. The van der Waals surface area contributed by atoms with Crippen LogP contribution in [0.4, 0.5) is 0 Å². The van der Waals surface area contributed by atoms with Gasteiger partial charge < -0.3 is 4.90 Å². The summed E-state index contributed by atoms with van der Waals surface area (Å²) >= 11 is 0. The molecule has 0 bridgehead atoms. The maximum atomic E-state index is 11.6. The van der Waals surface area contributed by atoms with Crippen molar-refractivity contribution in [2.75, 3.05) is 6.54 Å². The molecule has 0 unspecified atom stereocenters. The van der Waals surface area contributed by atoms with Crippen molar-refractivity contribution in [2.45, 2.75) is 39.2 Å². The average molecular weight is 197 g/mol. The van der Waals surface area contributed by atoms with Gasteiger partial charge in [-0.05, 0) is 13.8 Å². The Kier molecular flexibility index (Phi) is 2.73. The topological polar surface area (TPSA) is 54.5 Å². The average Bonchev–Trinajstić information content (AvgIpc) is 2.26. The lowest BCUT2D eigenvalue weighted by molar-refractivity contribution is -0.140. The molecule has 1 atom stereocenters. The molecule has 0 aromatic rings. The number of carbonyl (C=O) groups excluding carboxylic acids is 3. The van der Waals surface area contributed by atoms with Crippen LogP contribution in [0.5, 0.6) is 0 Å². The van der Waals surface area contributed by atoms with Crippen LogP contribution in [0, 0.1) is 0 Å². The van der Waals surface area contributed by atoms with E-state index < -0.39 is 5.54 Å². The van der Waals surface area contributed by atoms with Crippen LogP contribution in [-0.4, -0.2) is 34.5 Å². The van der Waals surface area contributed by atoms with Crippen molar-refractivity contribution in [3.05, 3.63) is 0 Å². The molecule has 1 heterocycles. The first-order valence-corrected chi connectivity index (χ1v) is 4.69. The van der Waals surface area contributed by atoms with Gasteiger partial charge in [-0.15, -0.1) is 0 Å².